The molecule has 2 heterocycles. The van der Waals surface area contributed by atoms with Gasteiger partial charge in [0.2, 0.25) is 11.1 Å². The number of carbonyl (C=O) groups excluding carboxylic acids is 1. The van der Waals surface area contributed by atoms with E-state index in [1.165, 1.54) is 16.3 Å². The summed E-state index contributed by atoms with van der Waals surface area (Å²) >= 11 is 1.58. The zero-order valence-corrected chi connectivity index (χ0v) is 20.5. The molecule has 1 unspecified atom stereocenters. The lowest BCUT2D eigenvalue weighted by atomic mass is 9.73. The summed E-state index contributed by atoms with van der Waals surface area (Å²) in [7, 11) is 0. The molecule has 1 aromatic heterocycles. The number of allylic oxidation sites excluding steroid dienone is 2. The normalized spacial score (nSPS) is 18.8. The summed E-state index contributed by atoms with van der Waals surface area (Å²) in [5.74, 6) is 1.64. The number of hydrogen-bond donors (Lipinski definition) is 2. The summed E-state index contributed by atoms with van der Waals surface area (Å²) in [6.07, 6.45) is 1.24. The van der Waals surface area contributed by atoms with Crippen LogP contribution in [0.15, 0.2) is 83.2 Å². The number of nitrogens with one attached hydrogen (secondary N) is 1. The molecule has 4 aromatic rings. The lowest BCUT2D eigenvalue weighted by Gasteiger charge is -2.38. The van der Waals surface area contributed by atoms with Gasteiger partial charge >= 0.3 is 0 Å². The number of hydrogen-bond acceptors (Lipinski definition) is 6. The number of nitrogens with zero attached hydrogens (tertiary/aromatic N) is 3. The Kier molecular flexibility index (Phi) is 5.18. The topological polar surface area (TPSA) is 80.0 Å². The molecule has 6 rings (SSSR count). The summed E-state index contributed by atoms with van der Waals surface area (Å²) in [4.78, 5) is 18.1. The second-order valence-electron chi connectivity index (χ2n) is 10.0. The Balaban J connectivity index is 1.38. The van der Waals surface area contributed by atoms with Gasteiger partial charge in [0.15, 0.2) is 5.78 Å². The van der Waals surface area contributed by atoms with Crippen molar-refractivity contribution in [2.45, 2.75) is 43.6 Å². The number of rotatable bonds is 4. The summed E-state index contributed by atoms with van der Waals surface area (Å²) in [6.45, 7) is 4.23. The fourth-order valence-corrected chi connectivity index (χ4v) is 6.05. The van der Waals surface area contributed by atoms with Crippen molar-refractivity contribution in [3.8, 4) is 5.75 Å². The van der Waals surface area contributed by atoms with Gasteiger partial charge in [0.05, 0.1) is 0 Å². The van der Waals surface area contributed by atoms with Crippen LogP contribution in [0.1, 0.15) is 43.9 Å². The Hall–Kier alpha value is -3.58. The molecule has 35 heavy (non-hydrogen) atoms. The van der Waals surface area contributed by atoms with Gasteiger partial charge in [-0.3, -0.25) is 4.79 Å². The first kappa shape index (κ1) is 21.9. The van der Waals surface area contributed by atoms with Crippen molar-refractivity contribution in [1.82, 2.24) is 14.8 Å². The first-order chi connectivity index (χ1) is 16.9. The fourth-order valence-electron chi connectivity index (χ4n) is 5.21. The highest BCUT2D eigenvalue weighted by Crippen LogP contribution is 2.46. The summed E-state index contributed by atoms with van der Waals surface area (Å²) in [5.41, 5.74) is 3.56. The minimum absolute atomic E-state index is 0.114. The Morgan fingerprint density at radius 2 is 1.89 bits per heavy atom. The molecule has 7 heteroatoms. The number of aromatic nitrogens is 3. The fraction of sp³-hybridized carbons (Fsp3) is 0.250. The number of phenols is 1. The number of Topliss-reactive ketones (excluding diaryl/α,β-unsaturated/α-hetero) is 1. The van der Waals surface area contributed by atoms with E-state index in [2.05, 4.69) is 61.6 Å². The lowest BCUT2D eigenvalue weighted by molar-refractivity contribution is -0.118. The van der Waals surface area contributed by atoms with E-state index in [-0.39, 0.29) is 16.9 Å². The van der Waals surface area contributed by atoms with Crippen molar-refractivity contribution >= 4 is 34.3 Å². The van der Waals surface area contributed by atoms with E-state index in [0.717, 1.165) is 29.0 Å². The van der Waals surface area contributed by atoms with E-state index in [4.69, 9.17) is 10.1 Å². The number of aromatic hydroxyl groups is 1. The Morgan fingerprint density at radius 3 is 2.74 bits per heavy atom. The predicted molar refractivity (Wildman–Crippen MR) is 138 cm³/mol. The summed E-state index contributed by atoms with van der Waals surface area (Å²) < 4.78 is 1.80. The van der Waals surface area contributed by atoms with Gasteiger partial charge < -0.3 is 10.4 Å². The molecule has 176 valence electrons. The van der Waals surface area contributed by atoms with E-state index in [1.54, 1.807) is 34.6 Å². The van der Waals surface area contributed by atoms with Gasteiger partial charge in [-0.1, -0.05) is 80.2 Å². The van der Waals surface area contributed by atoms with Crippen LogP contribution in [-0.2, 0) is 10.5 Å². The maximum absolute atomic E-state index is 13.3. The smallest absolute Gasteiger partial charge is 0.227 e. The number of ketones is 1. The van der Waals surface area contributed by atoms with E-state index in [1.807, 2.05) is 6.07 Å². The molecule has 0 saturated carbocycles. The molecule has 0 amide bonds. The van der Waals surface area contributed by atoms with Gasteiger partial charge in [0.25, 0.3) is 0 Å². The maximum Gasteiger partial charge on any atom is 0.227 e. The monoisotopic (exact) mass is 482 g/mol. The third kappa shape index (κ3) is 4.00. The van der Waals surface area contributed by atoms with E-state index < -0.39 is 6.04 Å². The lowest BCUT2D eigenvalue weighted by Crippen LogP contribution is -2.36. The SMILES string of the molecule is CC1(C)CC(=O)C2=C(C1)Nc1nc(SCc3cccc4ccccc34)nn1C2c1cccc(O)c1. The zero-order chi connectivity index (χ0) is 24.2. The van der Waals surface area contributed by atoms with Crippen molar-refractivity contribution in [2.75, 3.05) is 5.32 Å². The van der Waals surface area contributed by atoms with Crippen LogP contribution in [0.4, 0.5) is 5.95 Å². The number of anilines is 1. The van der Waals surface area contributed by atoms with Gasteiger partial charge in [-0.2, -0.15) is 4.98 Å². The second kappa shape index (κ2) is 8.27. The highest BCUT2D eigenvalue weighted by atomic mass is 32.2. The van der Waals surface area contributed by atoms with Gasteiger partial charge in [0.1, 0.15) is 11.8 Å². The minimum atomic E-state index is -0.420. The van der Waals surface area contributed by atoms with Crippen LogP contribution in [0.2, 0.25) is 0 Å². The molecule has 0 bridgehead atoms. The number of fused-ring (bicyclic) bond motifs is 2. The standard InChI is InChI=1S/C28H26N4O2S/c1-28(2)14-22-24(23(34)15-28)25(18-9-6-11-20(33)13-18)32-26(29-22)30-27(31-32)35-16-19-10-5-8-17-7-3-4-12-21(17)19/h3-13,25,33H,14-16H2,1-2H3,(H,29,30,31). The van der Waals surface area contributed by atoms with Crippen LogP contribution in [0.25, 0.3) is 10.8 Å². The van der Waals surface area contributed by atoms with Crippen molar-refractivity contribution in [3.05, 3.63) is 89.1 Å². The number of carbonyl (C=O) groups is 1. The molecular weight excluding hydrogens is 456 g/mol. The predicted octanol–water partition coefficient (Wildman–Crippen LogP) is 6.09. The van der Waals surface area contributed by atoms with Gasteiger partial charge in [-0.05, 0) is 45.9 Å². The first-order valence-electron chi connectivity index (χ1n) is 11.8. The van der Waals surface area contributed by atoms with E-state index in [9.17, 15) is 9.90 Å². The summed E-state index contributed by atoms with van der Waals surface area (Å²) in [6, 6.07) is 21.4. The second-order valence-corrected chi connectivity index (χ2v) is 11.0. The van der Waals surface area contributed by atoms with Crippen LogP contribution in [0.3, 0.4) is 0 Å². The van der Waals surface area contributed by atoms with E-state index >= 15 is 0 Å². The molecule has 6 nitrogen and oxygen atoms in total. The molecule has 0 saturated heterocycles. The maximum atomic E-state index is 13.3. The average Bonchev–Trinajstić information content (AvgIpc) is 3.23. The molecule has 1 atom stereocenters. The van der Waals surface area contributed by atoms with Gasteiger partial charge in [-0.25, -0.2) is 4.68 Å². The summed E-state index contributed by atoms with van der Waals surface area (Å²) in [5, 5.41) is 21.5. The molecular formula is C28H26N4O2S. The number of benzene rings is 3. The quantitative estimate of drug-likeness (QED) is 0.343. The van der Waals surface area contributed by atoms with Crippen LogP contribution in [-0.4, -0.2) is 25.7 Å². The van der Waals surface area contributed by atoms with Crippen LogP contribution in [0, 0.1) is 5.41 Å². The highest BCUT2D eigenvalue weighted by molar-refractivity contribution is 7.98. The molecule has 1 aliphatic carbocycles. The third-order valence-corrected chi connectivity index (χ3v) is 7.62. The van der Waals surface area contributed by atoms with Crippen molar-refractivity contribution in [2.24, 2.45) is 5.41 Å². The van der Waals surface area contributed by atoms with Crippen molar-refractivity contribution < 1.29 is 9.90 Å². The molecule has 3 aromatic carbocycles. The van der Waals surface area contributed by atoms with Gasteiger partial charge in [-0.15, -0.1) is 5.10 Å². The Labute approximate surface area is 208 Å². The van der Waals surface area contributed by atoms with Crippen LogP contribution in [0.5, 0.6) is 5.75 Å². The zero-order valence-electron chi connectivity index (χ0n) is 19.7. The Bertz CT molecular complexity index is 1500. The molecule has 0 fully saturated rings. The largest absolute Gasteiger partial charge is 0.508 e. The molecule has 0 radical (unpaired) electrons. The molecule has 1 aliphatic heterocycles. The molecule has 0 spiro atoms. The third-order valence-electron chi connectivity index (χ3n) is 6.74. The average molecular weight is 483 g/mol. The molecule has 2 N–H and O–H groups in total. The van der Waals surface area contributed by atoms with Crippen LogP contribution >= 0.6 is 11.8 Å². The van der Waals surface area contributed by atoms with Gasteiger partial charge in [0, 0.05) is 23.4 Å². The molecule has 2 aliphatic rings. The Morgan fingerprint density at radius 1 is 1.09 bits per heavy atom. The van der Waals surface area contributed by atoms with Crippen molar-refractivity contribution in [1.29, 1.82) is 0 Å². The van der Waals surface area contributed by atoms with Crippen LogP contribution < -0.4 is 5.32 Å². The highest BCUT2D eigenvalue weighted by Gasteiger charge is 2.42. The van der Waals surface area contributed by atoms with E-state index in [0.29, 0.717) is 17.5 Å². The number of thioether (sulfide) groups is 1. The number of phenolic OH excluding ortho intramolecular Hbond substituents is 1. The minimum Gasteiger partial charge on any atom is -0.508 e. The first-order valence-corrected chi connectivity index (χ1v) is 12.7. The van der Waals surface area contributed by atoms with Crippen molar-refractivity contribution in [3.63, 3.8) is 0 Å².